The highest BCUT2D eigenvalue weighted by Gasteiger charge is 2.30. The smallest absolute Gasteiger partial charge is 0.0771 e. The van der Waals surface area contributed by atoms with Crippen molar-refractivity contribution in [2.45, 2.75) is 44.8 Å². The van der Waals surface area contributed by atoms with Crippen molar-refractivity contribution in [3.63, 3.8) is 0 Å². The molecule has 1 heterocycles. The van der Waals surface area contributed by atoms with Gasteiger partial charge in [-0.3, -0.25) is 4.98 Å². The van der Waals surface area contributed by atoms with E-state index < -0.39 is 5.60 Å². The molecule has 1 fully saturated rings. The second-order valence-corrected chi connectivity index (χ2v) is 4.86. The number of nitrogens with zero attached hydrogens (tertiary/aromatic N) is 1. The maximum Gasteiger partial charge on any atom is 0.0771 e. The molecular formula is C13H20N2O. The molecule has 88 valence electrons. The predicted octanol–water partition coefficient (Wildman–Crippen LogP) is 1.78. The van der Waals surface area contributed by atoms with Crippen LogP contribution in [0.2, 0.25) is 0 Å². The molecule has 1 aromatic heterocycles. The minimum absolute atomic E-state index is 0.468. The van der Waals surface area contributed by atoms with E-state index in [1.165, 1.54) is 5.56 Å². The summed E-state index contributed by atoms with van der Waals surface area (Å²) in [6.45, 7) is 3.45. The Bertz CT molecular complexity index is 328. The molecule has 1 saturated carbocycles. The Morgan fingerprint density at radius 3 is 2.75 bits per heavy atom. The van der Waals surface area contributed by atoms with Crippen LogP contribution in [0.25, 0.3) is 0 Å². The monoisotopic (exact) mass is 220 g/mol. The van der Waals surface area contributed by atoms with Crippen molar-refractivity contribution in [1.82, 2.24) is 10.3 Å². The lowest BCUT2D eigenvalue weighted by molar-refractivity contribution is 0.0474. The first kappa shape index (κ1) is 11.6. The van der Waals surface area contributed by atoms with Crippen LogP contribution in [0.1, 0.15) is 36.9 Å². The van der Waals surface area contributed by atoms with E-state index in [2.05, 4.69) is 16.4 Å². The van der Waals surface area contributed by atoms with E-state index in [0.717, 1.165) is 37.9 Å². The topological polar surface area (TPSA) is 45.1 Å². The maximum absolute atomic E-state index is 10.1. The van der Waals surface area contributed by atoms with Crippen LogP contribution in [0.5, 0.6) is 0 Å². The average molecular weight is 220 g/mol. The molecule has 0 aromatic carbocycles. The van der Waals surface area contributed by atoms with Gasteiger partial charge in [0.25, 0.3) is 0 Å². The lowest BCUT2D eigenvalue weighted by Gasteiger charge is -2.22. The third kappa shape index (κ3) is 3.03. The van der Waals surface area contributed by atoms with Crippen molar-refractivity contribution >= 4 is 0 Å². The third-order valence-corrected chi connectivity index (χ3v) is 3.27. The molecule has 2 rings (SSSR count). The molecule has 0 spiro atoms. The fourth-order valence-corrected chi connectivity index (χ4v) is 2.24. The van der Waals surface area contributed by atoms with Gasteiger partial charge in [-0.15, -0.1) is 0 Å². The van der Waals surface area contributed by atoms with Gasteiger partial charge < -0.3 is 10.4 Å². The fourth-order valence-electron chi connectivity index (χ4n) is 2.24. The second-order valence-electron chi connectivity index (χ2n) is 4.86. The summed E-state index contributed by atoms with van der Waals surface area (Å²) >= 11 is 0. The Labute approximate surface area is 96.9 Å². The molecular weight excluding hydrogens is 200 g/mol. The van der Waals surface area contributed by atoms with E-state index in [9.17, 15) is 5.11 Å². The van der Waals surface area contributed by atoms with Gasteiger partial charge in [-0.1, -0.05) is 18.9 Å². The zero-order valence-corrected chi connectivity index (χ0v) is 9.87. The largest absolute Gasteiger partial charge is 0.389 e. The molecule has 1 aliphatic carbocycles. The minimum atomic E-state index is -0.468. The summed E-state index contributed by atoms with van der Waals surface area (Å²) in [6, 6.07) is 4.09. The number of aliphatic hydroxyl groups is 1. The quantitative estimate of drug-likeness (QED) is 0.813. The normalized spacial score (nSPS) is 18.9. The highest BCUT2D eigenvalue weighted by atomic mass is 16.3. The molecule has 0 amide bonds. The Hall–Kier alpha value is -0.930. The van der Waals surface area contributed by atoms with Gasteiger partial charge in [0.15, 0.2) is 0 Å². The van der Waals surface area contributed by atoms with E-state index in [1.54, 1.807) is 0 Å². The Morgan fingerprint density at radius 2 is 2.12 bits per heavy atom. The Balaban J connectivity index is 1.77. The molecule has 3 heteroatoms. The van der Waals surface area contributed by atoms with Gasteiger partial charge in [0, 0.05) is 19.3 Å². The first-order valence-corrected chi connectivity index (χ1v) is 6.03. The zero-order valence-electron chi connectivity index (χ0n) is 9.87. The Kier molecular flexibility index (Phi) is 3.56. The van der Waals surface area contributed by atoms with E-state index >= 15 is 0 Å². The first-order chi connectivity index (χ1) is 7.68. The van der Waals surface area contributed by atoms with Crippen LogP contribution in [-0.4, -0.2) is 22.2 Å². The van der Waals surface area contributed by atoms with Gasteiger partial charge >= 0.3 is 0 Å². The van der Waals surface area contributed by atoms with E-state index in [1.807, 2.05) is 19.2 Å². The van der Waals surface area contributed by atoms with Crippen molar-refractivity contribution in [3.05, 3.63) is 29.6 Å². The summed E-state index contributed by atoms with van der Waals surface area (Å²) in [5.41, 5.74) is 1.75. The number of hydrogen-bond donors (Lipinski definition) is 2. The highest BCUT2D eigenvalue weighted by molar-refractivity contribution is 5.12. The van der Waals surface area contributed by atoms with Gasteiger partial charge in [-0.2, -0.15) is 0 Å². The van der Waals surface area contributed by atoms with Crippen molar-refractivity contribution in [2.24, 2.45) is 0 Å². The van der Waals surface area contributed by atoms with Crippen LogP contribution in [0.4, 0.5) is 0 Å². The highest BCUT2D eigenvalue weighted by Crippen LogP contribution is 2.28. The molecule has 1 aliphatic rings. The second kappa shape index (κ2) is 4.93. The minimum Gasteiger partial charge on any atom is -0.389 e. The van der Waals surface area contributed by atoms with Gasteiger partial charge in [-0.25, -0.2) is 0 Å². The molecule has 3 nitrogen and oxygen atoms in total. The average Bonchev–Trinajstić information content (AvgIpc) is 2.69. The number of nitrogens with one attached hydrogen (secondary N) is 1. The molecule has 1 aromatic rings. The van der Waals surface area contributed by atoms with Gasteiger partial charge in [-0.05, 0) is 31.4 Å². The molecule has 0 unspecified atom stereocenters. The lowest BCUT2D eigenvalue weighted by atomic mass is 10.0. The predicted molar refractivity (Wildman–Crippen MR) is 64.1 cm³/mol. The number of pyridine rings is 1. The van der Waals surface area contributed by atoms with Crippen molar-refractivity contribution in [3.8, 4) is 0 Å². The van der Waals surface area contributed by atoms with Gasteiger partial charge in [0.2, 0.25) is 0 Å². The van der Waals surface area contributed by atoms with E-state index in [-0.39, 0.29) is 0 Å². The molecule has 16 heavy (non-hydrogen) atoms. The summed E-state index contributed by atoms with van der Waals surface area (Å²) < 4.78 is 0. The van der Waals surface area contributed by atoms with Crippen LogP contribution in [0.3, 0.4) is 0 Å². The molecule has 0 radical (unpaired) electrons. The third-order valence-electron chi connectivity index (χ3n) is 3.27. The van der Waals surface area contributed by atoms with Gasteiger partial charge in [0.05, 0.1) is 11.3 Å². The summed E-state index contributed by atoms with van der Waals surface area (Å²) in [7, 11) is 0. The molecule has 2 N–H and O–H groups in total. The number of rotatable bonds is 4. The van der Waals surface area contributed by atoms with Gasteiger partial charge in [0.1, 0.15) is 0 Å². The fraction of sp³-hybridized carbons (Fsp3) is 0.615. The SMILES string of the molecule is Cc1ccc(CNCC2(O)CCCC2)nc1. The van der Waals surface area contributed by atoms with Crippen LogP contribution >= 0.6 is 0 Å². The Morgan fingerprint density at radius 1 is 1.38 bits per heavy atom. The van der Waals surface area contributed by atoms with Crippen LogP contribution in [-0.2, 0) is 6.54 Å². The maximum atomic E-state index is 10.1. The zero-order chi connectivity index (χ0) is 11.4. The van der Waals surface area contributed by atoms with Crippen molar-refractivity contribution in [2.75, 3.05) is 6.54 Å². The molecule has 0 aliphatic heterocycles. The van der Waals surface area contributed by atoms with Crippen LogP contribution in [0.15, 0.2) is 18.3 Å². The summed E-state index contributed by atoms with van der Waals surface area (Å²) in [5.74, 6) is 0. The number of hydrogen-bond acceptors (Lipinski definition) is 3. The first-order valence-electron chi connectivity index (χ1n) is 6.03. The molecule has 0 saturated heterocycles. The standard InChI is InChI=1S/C13H20N2O/c1-11-4-5-12(15-8-11)9-14-10-13(16)6-2-3-7-13/h4-5,8,14,16H,2-3,6-7,9-10H2,1H3. The summed E-state index contributed by atoms with van der Waals surface area (Å²) in [4.78, 5) is 4.32. The summed E-state index contributed by atoms with van der Waals surface area (Å²) in [5, 5.41) is 13.4. The summed E-state index contributed by atoms with van der Waals surface area (Å²) in [6.07, 6.45) is 6.05. The number of aromatic nitrogens is 1. The lowest BCUT2D eigenvalue weighted by Crippen LogP contribution is -2.37. The van der Waals surface area contributed by atoms with Crippen LogP contribution in [0, 0.1) is 6.92 Å². The van der Waals surface area contributed by atoms with Crippen molar-refractivity contribution < 1.29 is 5.11 Å². The van der Waals surface area contributed by atoms with Crippen LogP contribution < -0.4 is 5.32 Å². The van der Waals surface area contributed by atoms with E-state index in [0.29, 0.717) is 6.54 Å². The molecule has 0 bridgehead atoms. The van der Waals surface area contributed by atoms with E-state index in [4.69, 9.17) is 0 Å². The number of aryl methyl sites for hydroxylation is 1. The van der Waals surface area contributed by atoms with Crippen molar-refractivity contribution in [1.29, 1.82) is 0 Å². The molecule has 0 atom stereocenters.